The lowest BCUT2D eigenvalue weighted by atomic mass is 10.1. The van der Waals surface area contributed by atoms with Crippen LogP contribution in [0.15, 0.2) is 41.0 Å². The van der Waals surface area contributed by atoms with Gasteiger partial charge in [-0.25, -0.2) is 0 Å². The van der Waals surface area contributed by atoms with Crippen molar-refractivity contribution in [3.63, 3.8) is 0 Å². The lowest BCUT2D eigenvalue weighted by Crippen LogP contribution is -2.24. The van der Waals surface area contributed by atoms with Crippen LogP contribution in [0.3, 0.4) is 0 Å². The summed E-state index contributed by atoms with van der Waals surface area (Å²) in [7, 11) is 0. The van der Waals surface area contributed by atoms with Gasteiger partial charge in [-0.05, 0) is 36.8 Å². The lowest BCUT2D eigenvalue weighted by molar-refractivity contribution is 0.144. The maximum atomic E-state index is 10.00. The van der Waals surface area contributed by atoms with Crippen LogP contribution in [0.1, 0.15) is 30.4 Å². The number of nitrogens with one attached hydrogen (secondary N) is 1. The van der Waals surface area contributed by atoms with Gasteiger partial charge in [0, 0.05) is 12.6 Å². The van der Waals surface area contributed by atoms with E-state index in [1.165, 1.54) is 0 Å². The van der Waals surface area contributed by atoms with E-state index in [1.54, 1.807) is 18.4 Å². The molecule has 0 radical (unpaired) electrons. The minimum Gasteiger partial charge on any atom is -0.486 e. The van der Waals surface area contributed by atoms with E-state index in [0.717, 1.165) is 17.1 Å². The summed E-state index contributed by atoms with van der Waals surface area (Å²) in [5, 5.41) is 13.3. The van der Waals surface area contributed by atoms with Gasteiger partial charge in [0.15, 0.2) is 11.5 Å². The van der Waals surface area contributed by atoms with Gasteiger partial charge in [-0.15, -0.1) is 0 Å². The number of hydrogen-bond donors (Lipinski definition) is 2. The fourth-order valence-electron chi connectivity index (χ4n) is 2.32. The van der Waals surface area contributed by atoms with E-state index >= 15 is 0 Å². The summed E-state index contributed by atoms with van der Waals surface area (Å²) in [4.78, 5) is 0. The Kier molecular flexibility index (Phi) is 4.13. The van der Waals surface area contributed by atoms with E-state index in [4.69, 9.17) is 13.9 Å². The molecular weight excluding hydrogens is 270 g/mol. The number of aliphatic hydroxyl groups is 1. The topological polar surface area (TPSA) is 63.9 Å². The summed E-state index contributed by atoms with van der Waals surface area (Å²) in [5.41, 5.74) is 1.09. The molecule has 3 rings (SSSR count). The van der Waals surface area contributed by atoms with Crippen molar-refractivity contribution in [1.29, 1.82) is 0 Å². The molecule has 2 aromatic rings. The second-order valence-electron chi connectivity index (χ2n) is 5.06. The van der Waals surface area contributed by atoms with Crippen LogP contribution >= 0.6 is 0 Å². The third-order valence-electron chi connectivity index (χ3n) is 3.56. The fourth-order valence-corrected chi connectivity index (χ4v) is 2.32. The van der Waals surface area contributed by atoms with E-state index in [9.17, 15) is 5.11 Å². The first kappa shape index (κ1) is 14.0. The number of hydrogen-bond acceptors (Lipinski definition) is 5. The first-order valence-corrected chi connectivity index (χ1v) is 7.08. The number of ether oxygens (including phenoxy) is 2. The molecule has 0 aliphatic carbocycles. The molecule has 5 nitrogen and oxygen atoms in total. The molecule has 1 aliphatic heterocycles. The van der Waals surface area contributed by atoms with Crippen LogP contribution in [0, 0.1) is 0 Å². The molecule has 0 saturated heterocycles. The molecular formula is C16H19NO4. The first-order chi connectivity index (χ1) is 10.2. The van der Waals surface area contributed by atoms with Crippen LogP contribution in [0.2, 0.25) is 0 Å². The molecule has 1 aromatic carbocycles. The summed E-state index contributed by atoms with van der Waals surface area (Å²) in [6, 6.07) is 9.52. The molecule has 1 aromatic heterocycles. The minimum absolute atomic E-state index is 0.0884. The highest BCUT2D eigenvalue weighted by Crippen LogP contribution is 2.32. The summed E-state index contributed by atoms with van der Waals surface area (Å²) in [5.74, 6) is 2.13. The van der Waals surface area contributed by atoms with Crippen LogP contribution in [0.25, 0.3) is 0 Å². The smallest absolute Gasteiger partial charge is 0.161 e. The van der Waals surface area contributed by atoms with Crippen molar-refractivity contribution >= 4 is 0 Å². The quantitative estimate of drug-likeness (QED) is 0.885. The minimum atomic E-state index is -0.653. The van der Waals surface area contributed by atoms with Crippen molar-refractivity contribution < 1.29 is 19.0 Å². The van der Waals surface area contributed by atoms with Gasteiger partial charge in [0.25, 0.3) is 0 Å². The van der Waals surface area contributed by atoms with Crippen LogP contribution in [-0.4, -0.2) is 24.9 Å². The molecule has 0 amide bonds. The van der Waals surface area contributed by atoms with Gasteiger partial charge < -0.3 is 24.3 Å². The fraction of sp³-hybridized carbons (Fsp3) is 0.375. The second kappa shape index (κ2) is 6.20. The van der Waals surface area contributed by atoms with Crippen LogP contribution < -0.4 is 14.8 Å². The monoisotopic (exact) mass is 289 g/mol. The van der Waals surface area contributed by atoms with Crippen LogP contribution in [0.5, 0.6) is 11.5 Å². The third-order valence-corrected chi connectivity index (χ3v) is 3.56. The molecule has 5 heteroatoms. The van der Waals surface area contributed by atoms with Crippen molar-refractivity contribution in [2.45, 2.75) is 19.1 Å². The molecule has 1 aliphatic rings. The van der Waals surface area contributed by atoms with Gasteiger partial charge in [0.05, 0.1) is 6.26 Å². The van der Waals surface area contributed by atoms with E-state index in [0.29, 0.717) is 25.5 Å². The summed E-state index contributed by atoms with van der Waals surface area (Å²) in [6.07, 6.45) is 0.905. The Morgan fingerprint density at radius 1 is 1.19 bits per heavy atom. The number of furan rings is 1. The van der Waals surface area contributed by atoms with Crippen molar-refractivity contribution in [2.24, 2.45) is 0 Å². The molecule has 2 heterocycles. The SMILES string of the molecule is CC(NCC(O)c1ccco1)c1ccc2c(c1)OCCO2. The number of rotatable bonds is 5. The zero-order valence-electron chi connectivity index (χ0n) is 11.9. The molecule has 0 bridgehead atoms. The zero-order chi connectivity index (χ0) is 14.7. The van der Waals surface area contributed by atoms with Gasteiger partial charge in [0.1, 0.15) is 25.1 Å². The first-order valence-electron chi connectivity index (χ1n) is 7.08. The molecule has 0 fully saturated rings. The average Bonchev–Trinajstić information content (AvgIpc) is 3.06. The maximum absolute atomic E-state index is 10.00. The molecule has 112 valence electrons. The van der Waals surface area contributed by atoms with Crippen LogP contribution in [0.4, 0.5) is 0 Å². The Morgan fingerprint density at radius 2 is 2.00 bits per heavy atom. The Balaban J connectivity index is 1.61. The Hall–Kier alpha value is -1.98. The lowest BCUT2D eigenvalue weighted by Gasteiger charge is -2.21. The van der Waals surface area contributed by atoms with Crippen molar-refractivity contribution in [3.05, 3.63) is 47.9 Å². The molecule has 2 unspecified atom stereocenters. The third kappa shape index (κ3) is 3.20. The van der Waals surface area contributed by atoms with Gasteiger partial charge in [-0.1, -0.05) is 6.07 Å². The van der Waals surface area contributed by atoms with Gasteiger partial charge in [-0.3, -0.25) is 0 Å². The highest BCUT2D eigenvalue weighted by atomic mass is 16.6. The van der Waals surface area contributed by atoms with E-state index in [2.05, 4.69) is 5.32 Å². The molecule has 2 N–H and O–H groups in total. The largest absolute Gasteiger partial charge is 0.486 e. The normalized spacial score (nSPS) is 16.5. The predicted molar refractivity (Wildman–Crippen MR) is 77.5 cm³/mol. The predicted octanol–water partition coefficient (Wildman–Crippen LogP) is 2.44. The zero-order valence-corrected chi connectivity index (χ0v) is 11.9. The maximum Gasteiger partial charge on any atom is 0.161 e. The standard InChI is InChI=1S/C16H19NO4/c1-11(17-10-13(18)14-3-2-6-19-14)12-4-5-15-16(9-12)21-8-7-20-15/h2-6,9,11,13,17-18H,7-8,10H2,1H3. The number of fused-ring (bicyclic) bond motifs is 1. The molecule has 0 saturated carbocycles. The van der Waals surface area contributed by atoms with Gasteiger partial charge in [0.2, 0.25) is 0 Å². The average molecular weight is 289 g/mol. The highest BCUT2D eigenvalue weighted by Gasteiger charge is 2.16. The van der Waals surface area contributed by atoms with Gasteiger partial charge in [-0.2, -0.15) is 0 Å². The van der Waals surface area contributed by atoms with Crippen LogP contribution in [-0.2, 0) is 0 Å². The molecule has 21 heavy (non-hydrogen) atoms. The summed E-state index contributed by atoms with van der Waals surface area (Å²) >= 11 is 0. The highest BCUT2D eigenvalue weighted by molar-refractivity contribution is 5.44. The Bertz CT molecular complexity index is 582. The van der Waals surface area contributed by atoms with E-state index in [-0.39, 0.29) is 6.04 Å². The summed E-state index contributed by atoms with van der Waals surface area (Å²) < 4.78 is 16.3. The summed E-state index contributed by atoms with van der Waals surface area (Å²) in [6.45, 7) is 3.63. The van der Waals surface area contributed by atoms with Crippen molar-refractivity contribution in [1.82, 2.24) is 5.32 Å². The van der Waals surface area contributed by atoms with Crippen molar-refractivity contribution in [2.75, 3.05) is 19.8 Å². The Morgan fingerprint density at radius 3 is 2.76 bits per heavy atom. The Labute approximate surface area is 123 Å². The van der Waals surface area contributed by atoms with Crippen molar-refractivity contribution in [3.8, 4) is 11.5 Å². The van der Waals surface area contributed by atoms with E-state index in [1.807, 2.05) is 25.1 Å². The molecule has 2 atom stereocenters. The second-order valence-corrected chi connectivity index (χ2v) is 5.06. The molecule has 0 spiro atoms. The van der Waals surface area contributed by atoms with Gasteiger partial charge >= 0.3 is 0 Å². The number of benzene rings is 1. The number of aliphatic hydroxyl groups excluding tert-OH is 1. The van der Waals surface area contributed by atoms with E-state index < -0.39 is 6.10 Å².